The minimum absolute atomic E-state index is 0.113. The minimum atomic E-state index is -0.115. The van der Waals surface area contributed by atoms with Crippen LogP contribution in [0.2, 0.25) is 0 Å². The average molecular weight is 457 g/mol. The van der Waals surface area contributed by atoms with Crippen molar-refractivity contribution in [2.24, 2.45) is 52.3 Å². The van der Waals surface area contributed by atoms with Crippen LogP contribution in [0, 0.1) is 52.3 Å². The number of fused-ring (bicyclic) bond motifs is 5. The molecule has 4 rings (SSSR count). The third-order valence-electron chi connectivity index (χ3n) is 11.6. The van der Waals surface area contributed by atoms with Gasteiger partial charge in [0.2, 0.25) is 0 Å². The summed E-state index contributed by atoms with van der Waals surface area (Å²) in [6.07, 6.45) is 17.2. The number of allylic oxidation sites excluding steroid dienone is 1. The number of carbonyl (C=O) groups is 1. The van der Waals surface area contributed by atoms with Gasteiger partial charge in [-0.2, -0.15) is 0 Å². The Labute approximate surface area is 204 Å². The van der Waals surface area contributed by atoms with Gasteiger partial charge in [-0.3, -0.25) is 4.79 Å². The minimum Gasteiger partial charge on any atom is -0.462 e. The van der Waals surface area contributed by atoms with E-state index < -0.39 is 0 Å². The summed E-state index contributed by atoms with van der Waals surface area (Å²) in [4.78, 5) is 11.5. The van der Waals surface area contributed by atoms with Crippen LogP contribution >= 0.6 is 0 Å². The van der Waals surface area contributed by atoms with Crippen molar-refractivity contribution < 1.29 is 9.53 Å². The Balaban J connectivity index is 1.46. The van der Waals surface area contributed by atoms with Crippen molar-refractivity contribution >= 4 is 5.97 Å². The molecule has 0 aromatic rings. The van der Waals surface area contributed by atoms with Gasteiger partial charge in [0.1, 0.15) is 6.10 Å². The molecule has 0 spiro atoms. The number of hydrogen-bond acceptors (Lipinski definition) is 2. The van der Waals surface area contributed by atoms with E-state index in [0.29, 0.717) is 10.8 Å². The fourth-order valence-electron chi connectivity index (χ4n) is 9.63. The zero-order valence-electron chi connectivity index (χ0n) is 22.8. The highest BCUT2D eigenvalue weighted by Crippen LogP contribution is 2.67. The molecule has 2 nitrogen and oxygen atoms in total. The number of rotatable bonds is 7. The first kappa shape index (κ1) is 25.3. The van der Waals surface area contributed by atoms with E-state index in [2.05, 4.69) is 47.6 Å². The molecule has 4 aliphatic rings. The van der Waals surface area contributed by atoms with Gasteiger partial charge < -0.3 is 4.74 Å². The Kier molecular flexibility index (Phi) is 7.43. The zero-order chi connectivity index (χ0) is 24.0. The maximum absolute atomic E-state index is 11.5. The SMILES string of the molecule is CCC(CCC(C)C1CCC2C3CC=C4CC(OC(C)=O)CC[C@@]4(C)C3CC[C@@]12C)C(C)C. The maximum atomic E-state index is 11.5. The molecular weight excluding hydrogens is 404 g/mol. The molecule has 0 amide bonds. The van der Waals surface area contributed by atoms with Crippen molar-refractivity contribution in [3.05, 3.63) is 11.6 Å². The van der Waals surface area contributed by atoms with Crippen molar-refractivity contribution in [1.29, 1.82) is 0 Å². The fraction of sp³-hybridized carbons (Fsp3) is 0.903. The lowest BCUT2D eigenvalue weighted by molar-refractivity contribution is -0.148. The summed E-state index contributed by atoms with van der Waals surface area (Å²) in [5.74, 6) is 6.03. The molecule has 2 heteroatoms. The quantitative estimate of drug-likeness (QED) is 0.283. The van der Waals surface area contributed by atoms with Gasteiger partial charge in [-0.25, -0.2) is 0 Å². The summed E-state index contributed by atoms with van der Waals surface area (Å²) in [7, 11) is 0. The van der Waals surface area contributed by atoms with Crippen LogP contribution in [0.25, 0.3) is 0 Å². The number of esters is 1. The molecule has 0 aliphatic heterocycles. The molecule has 0 bridgehead atoms. The molecule has 0 N–H and O–H groups in total. The van der Waals surface area contributed by atoms with Crippen LogP contribution in [0.5, 0.6) is 0 Å². The highest BCUT2D eigenvalue weighted by molar-refractivity contribution is 5.66. The first-order valence-electron chi connectivity index (χ1n) is 14.5. The van der Waals surface area contributed by atoms with Gasteiger partial charge in [-0.1, -0.05) is 66.0 Å². The Morgan fingerprint density at radius 3 is 2.48 bits per heavy atom. The Morgan fingerprint density at radius 1 is 1.06 bits per heavy atom. The molecule has 9 atom stereocenters. The molecule has 3 saturated carbocycles. The normalized spacial score (nSPS) is 42.1. The molecule has 0 heterocycles. The molecule has 0 radical (unpaired) electrons. The largest absolute Gasteiger partial charge is 0.462 e. The van der Waals surface area contributed by atoms with Crippen molar-refractivity contribution in [2.45, 2.75) is 125 Å². The fourth-order valence-corrected chi connectivity index (χ4v) is 9.63. The summed E-state index contributed by atoms with van der Waals surface area (Å²) < 4.78 is 5.63. The van der Waals surface area contributed by atoms with E-state index in [4.69, 9.17) is 4.74 Å². The molecule has 0 aromatic heterocycles. The molecule has 0 saturated heterocycles. The van der Waals surface area contributed by atoms with E-state index in [1.165, 1.54) is 57.8 Å². The van der Waals surface area contributed by atoms with Crippen LogP contribution < -0.4 is 0 Å². The maximum Gasteiger partial charge on any atom is 0.302 e. The molecule has 188 valence electrons. The Hall–Kier alpha value is -0.790. The molecule has 7 unspecified atom stereocenters. The lowest BCUT2D eigenvalue weighted by Crippen LogP contribution is -2.51. The van der Waals surface area contributed by atoms with E-state index in [1.807, 2.05) is 0 Å². The molecule has 3 fully saturated rings. The topological polar surface area (TPSA) is 26.3 Å². The smallest absolute Gasteiger partial charge is 0.302 e. The highest BCUT2D eigenvalue weighted by atomic mass is 16.5. The second-order valence-corrected chi connectivity index (χ2v) is 13.4. The summed E-state index contributed by atoms with van der Waals surface area (Å²) in [5, 5.41) is 0. The van der Waals surface area contributed by atoms with E-state index in [9.17, 15) is 4.79 Å². The monoisotopic (exact) mass is 456 g/mol. The van der Waals surface area contributed by atoms with Crippen LogP contribution in [0.3, 0.4) is 0 Å². The van der Waals surface area contributed by atoms with Crippen molar-refractivity contribution in [3.63, 3.8) is 0 Å². The van der Waals surface area contributed by atoms with Gasteiger partial charge in [0.25, 0.3) is 0 Å². The average Bonchev–Trinajstić information content (AvgIpc) is 3.11. The highest BCUT2D eigenvalue weighted by Gasteiger charge is 2.59. The third kappa shape index (κ3) is 4.58. The van der Waals surface area contributed by atoms with Crippen LogP contribution in [0.1, 0.15) is 119 Å². The van der Waals surface area contributed by atoms with Crippen molar-refractivity contribution in [3.8, 4) is 0 Å². The molecule has 33 heavy (non-hydrogen) atoms. The van der Waals surface area contributed by atoms with Gasteiger partial charge in [0, 0.05) is 13.3 Å². The number of carbonyl (C=O) groups excluding carboxylic acids is 1. The predicted octanol–water partition coefficient (Wildman–Crippen LogP) is 8.60. The van der Waals surface area contributed by atoms with Crippen LogP contribution in [0.15, 0.2) is 11.6 Å². The molecule has 4 aliphatic carbocycles. The zero-order valence-corrected chi connectivity index (χ0v) is 22.8. The van der Waals surface area contributed by atoms with Gasteiger partial charge in [-0.15, -0.1) is 0 Å². The Bertz CT molecular complexity index is 737. The van der Waals surface area contributed by atoms with Gasteiger partial charge in [-0.05, 0) is 104 Å². The van der Waals surface area contributed by atoms with E-state index in [1.54, 1.807) is 12.5 Å². The van der Waals surface area contributed by atoms with Gasteiger partial charge in [0.15, 0.2) is 0 Å². The lowest BCUT2D eigenvalue weighted by Gasteiger charge is -2.58. The van der Waals surface area contributed by atoms with Crippen LogP contribution in [-0.4, -0.2) is 12.1 Å². The predicted molar refractivity (Wildman–Crippen MR) is 138 cm³/mol. The Morgan fingerprint density at radius 2 is 1.82 bits per heavy atom. The van der Waals surface area contributed by atoms with Crippen LogP contribution in [-0.2, 0) is 9.53 Å². The number of ether oxygens (including phenoxy) is 1. The van der Waals surface area contributed by atoms with Crippen LogP contribution in [0.4, 0.5) is 0 Å². The second kappa shape index (κ2) is 9.69. The summed E-state index contributed by atoms with van der Waals surface area (Å²) in [6.45, 7) is 16.6. The molecular formula is C31H52O2. The van der Waals surface area contributed by atoms with Crippen molar-refractivity contribution in [2.75, 3.05) is 0 Å². The van der Waals surface area contributed by atoms with E-state index in [0.717, 1.165) is 54.3 Å². The van der Waals surface area contributed by atoms with Crippen molar-refractivity contribution in [1.82, 2.24) is 0 Å². The summed E-state index contributed by atoms with van der Waals surface area (Å²) >= 11 is 0. The third-order valence-corrected chi connectivity index (χ3v) is 11.6. The first-order chi connectivity index (χ1) is 15.6. The summed E-state index contributed by atoms with van der Waals surface area (Å²) in [6, 6.07) is 0. The standard InChI is InChI=1S/C31H52O2/c1-8-23(20(2)3)10-9-21(4)27-13-14-28-26-12-11-24-19-25(33-22(5)32)15-17-30(24,6)29(26)16-18-31(27,28)7/h11,20-21,23,25-29H,8-10,12-19H2,1-7H3/t21?,23?,25?,26?,27?,28?,29?,30-,31+/m1/s1. The number of hydrogen-bond donors (Lipinski definition) is 0. The molecule has 0 aromatic carbocycles. The first-order valence-corrected chi connectivity index (χ1v) is 14.5. The second-order valence-electron chi connectivity index (χ2n) is 13.4. The van der Waals surface area contributed by atoms with E-state index >= 15 is 0 Å². The summed E-state index contributed by atoms with van der Waals surface area (Å²) in [5.41, 5.74) is 2.51. The van der Waals surface area contributed by atoms with Gasteiger partial charge in [0.05, 0.1) is 0 Å². The van der Waals surface area contributed by atoms with E-state index in [-0.39, 0.29) is 12.1 Å². The lowest BCUT2D eigenvalue weighted by atomic mass is 9.47. The van der Waals surface area contributed by atoms with Gasteiger partial charge >= 0.3 is 5.97 Å².